The molecular formula is C11H11N3OS. The summed E-state index contributed by atoms with van der Waals surface area (Å²) in [6.45, 7) is 1.23. The molecule has 5 heteroatoms. The molecule has 1 aliphatic heterocycles. The van der Waals surface area contributed by atoms with E-state index in [-0.39, 0.29) is 5.41 Å². The van der Waals surface area contributed by atoms with Crippen molar-refractivity contribution in [1.29, 1.82) is 5.26 Å². The molecule has 0 aromatic carbocycles. The number of hydrogen-bond acceptors (Lipinski definition) is 4. The van der Waals surface area contributed by atoms with Gasteiger partial charge in [0, 0.05) is 30.8 Å². The normalized spacial score (nSPS) is 24.9. The standard InChI is InChI=1S/C11H11N3OS/c12-7-11(1-3-15-8-11)5-9-6-14-2-4-16-10(14)13-9/h2,4,6H,1,3,5,8H2. The quantitative estimate of drug-likeness (QED) is 0.795. The van der Waals surface area contributed by atoms with Gasteiger partial charge in [-0.1, -0.05) is 0 Å². The van der Waals surface area contributed by atoms with Gasteiger partial charge >= 0.3 is 0 Å². The molecule has 0 saturated carbocycles. The average Bonchev–Trinajstić information content (AvgIpc) is 2.93. The van der Waals surface area contributed by atoms with Crippen LogP contribution in [0.3, 0.4) is 0 Å². The maximum absolute atomic E-state index is 9.24. The van der Waals surface area contributed by atoms with Crippen LogP contribution in [0.15, 0.2) is 17.8 Å². The van der Waals surface area contributed by atoms with Gasteiger partial charge in [0.2, 0.25) is 0 Å². The maximum atomic E-state index is 9.24. The number of aromatic nitrogens is 2. The Kier molecular flexibility index (Phi) is 2.20. The van der Waals surface area contributed by atoms with Gasteiger partial charge in [-0.2, -0.15) is 5.26 Å². The first-order valence-corrected chi connectivity index (χ1v) is 6.09. The van der Waals surface area contributed by atoms with Crippen LogP contribution < -0.4 is 0 Å². The van der Waals surface area contributed by atoms with Crippen molar-refractivity contribution in [1.82, 2.24) is 9.38 Å². The predicted octanol–water partition coefficient (Wildman–Crippen LogP) is 1.87. The molecule has 0 bridgehead atoms. The lowest BCUT2D eigenvalue weighted by Gasteiger charge is -2.15. The van der Waals surface area contributed by atoms with Crippen LogP contribution >= 0.6 is 11.3 Å². The van der Waals surface area contributed by atoms with Crippen LogP contribution in [0.4, 0.5) is 0 Å². The van der Waals surface area contributed by atoms with Crippen molar-refractivity contribution in [2.45, 2.75) is 12.8 Å². The molecule has 1 atom stereocenters. The molecule has 3 heterocycles. The van der Waals surface area contributed by atoms with Crippen molar-refractivity contribution >= 4 is 16.3 Å². The first-order valence-electron chi connectivity index (χ1n) is 5.21. The summed E-state index contributed by atoms with van der Waals surface area (Å²) in [7, 11) is 0. The molecule has 0 amide bonds. The molecule has 82 valence electrons. The molecule has 2 aromatic heterocycles. The van der Waals surface area contributed by atoms with E-state index in [1.54, 1.807) is 11.3 Å². The average molecular weight is 233 g/mol. The van der Waals surface area contributed by atoms with E-state index in [0.29, 0.717) is 19.6 Å². The van der Waals surface area contributed by atoms with E-state index in [4.69, 9.17) is 4.74 Å². The molecule has 2 aromatic rings. The van der Waals surface area contributed by atoms with Gasteiger partial charge in [-0.3, -0.25) is 4.40 Å². The molecule has 16 heavy (non-hydrogen) atoms. The zero-order valence-corrected chi connectivity index (χ0v) is 9.54. The molecule has 1 aliphatic rings. The molecule has 1 saturated heterocycles. The summed E-state index contributed by atoms with van der Waals surface area (Å²) in [6.07, 6.45) is 5.50. The van der Waals surface area contributed by atoms with E-state index < -0.39 is 0 Å². The lowest BCUT2D eigenvalue weighted by Crippen LogP contribution is -2.21. The van der Waals surface area contributed by atoms with Crippen molar-refractivity contribution in [3.8, 4) is 6.07 Å². The number of fused-ring (bicyclic) bond motifs is 1. The summed E-state index contributed by atoms with van der Waals surface area (Å²) >= 11 is 1.61. The summed E-state index contributed by atoms with van der Waals surface area (Å²) in [6, 6.07) is 2.39. The van der Waals surface area contributed by atoms with E-state index in [9.17, 15) is 5.26 Å². The number of nitriles is 1. The zero-order valence-electron chi connectivity index (χ0n) is 8.72. The number of imidazole rings is 1. The minimum Gasteiger partial charge on any atom is -0.380 e. The van der Waals surface area contributed by atoms with Crippen LogP contribution in [0.2, 0.25) is 0 Å². The van der Waals surface area contributed by atoms with Gasteiger partial charge in [-0.25, -0.2) is 4.98 Å². The highest BCUT2D eigenvalue weighted by atomic mass is 32.1. The Morgan fingerprint density at radius 3 is 3.31 bits per heavy atom. The second-order valence-electron chi connectivity index (χ2n) is 4.20. The predicted molar refractivity (Wildman–Crippen MR) is 60.3 cm³/mol. The Morgan fingerprint density at radius 2 is 2.62 bits per heavy atom. The van der Waals surface area contributed by atoms with Crippen LogP contribution in [0, 0.1) is 16.7 Å². The first kappa shape index (κ1) is 9.82. The summed E-state index contributed by atoms with van der Waals surface area (Å²) in [4.78, 5) is 5.49. The van der Waals surface area contributed by atoms with E-state index in [2.05, 4.69) is 11.1 Å². The molecule has 1 fully saturated rings. The Labute approximate surface area is 97.1 Å². The van der Waals surface area contributed by atoms with Gasteiger partial charge < -0.3 is 4.74 Å². The van der Waals surface area contributed by atoms with Crippen LogP contribution in [0.25, 0.3) is 4.96 Å². The highest BCUT2D eigenvalue weighted by Crippen LogP contribution is 2.31. The fraction of sp³-hybridized carbons (Fsp3) is 0.455. The Morgan fingerprint density at radius 1 is 1.69 bits per heavy atom. The SMILES string of the molecule is N#CC1(Cc2cn3ccsc3n2)CCOC1. The van der Waals surface area contributed by atoms with Crippen molar-refractivity contribution in [2.24, 2.45) is 5.41 Å². The third-order valence-corrected chi connectivity index (χ3v) is 3.77. The topological polar surface area (TPSA) is 50.3 Å². The zero-order chi connectivity index (χ0) is 11.0. The molecule has 0 N–H and O–H groups in total. The number of ether oxygens (including phenoxy) is 1. The van der Waals surface area contributed by atoms with Gasteiger partial charge in [-0.05, 0) is 6.42 Å². The van der Waals surface area contributed by atoms with Crippen molar-refractivity contribution < 1.29 is 4.74 Å². The summed E-state index contributed by atoms with van der Waals surface area (Å²) in [5.74, 6) is 0. The molecule has 3 rings (SSSR count). The van der Waals surface area contributed by atoms with Crippen LogP contribution in [0.5, 0.6) is 0 Å². The van der Waals surface area contributed by atoms with Crippen molar-refractivity contribution in [3.05, 3.63) is 23.5 Å². The highest BCUT2D eigenvalue weighted by Gasteiger charge is 2.36. The van der Waals surface area contributed by atoms with E-state index in [1.165, 1.54) is 0 Å². The molecule has 0 spiro atoms. The Balaban J connectivity index is 1.89. The second-order valence-corrected chi connectivity index (χ2v) is 5.07. The smallest absolute Gasteiger partial charge is 0.193 e. The van der Waals surface area contributed by atoms with Gasteiger partial charge in [0.1, 0.15) is 0 Å². The van der Waals surface area contributed by atoms with Gasteiger partial charge in [0.15, 0.2) is 4.96 Å². The molecule has 1 unspecified atom stereocenters. The summed E-state index contributed by atoms with van der Waals surface area (Å²) in [5, 5.41) is 11.2. The maximum Gasteiger partial charge on any atom is 0.193 e. The lowest BCUT2D eigenvalue weighted by atomic mass is 9.84. The van der Waals surface area contributed by atoms with Crippen molar-refractivity contribution in [2.75, 3.05) is 13.2 Å². The summed E-state index contributed by atoms with van der Waals surface area (Å²) < 4.78 is 7.33. The van der Waals surface area contributed by atoms with Crippen LogP contribution in [-0.4, -0.2) is 22.6 Å². The first-order chi connectivity index (χ1) is 7.81. The van der Waals surface area contributed by atoms with Crippen LogP contribution in [-0.2, 0) is 11.2 Å². The second kappa shape index (κ2) is 3.58. The molecular weight excluding hydrogens is 222 g/mol. The van der Waals surface area contributed by atoms with Crippen LogP contribution in [0.1, 0.15) is 12.1 Å². The molecule has 4 nitrogen and oxygen atoms in total. The fourth-order valence-corrected chi connectivity index (χ4v) is 2.80. The minimum absolute atomic E-state index is 0.357. The fourth-order valence-electron chi connectivity index (χ4n) is 2.08. The van der Waals surface area contributed by atoms with Gasteiger partial charge in [0.05, 0.1) is 23.8 Å². The number of hydrogen-bond donors (Lipinski definition) is 0. The van der Waals surface area contributed by atoms with Gasteiger partial charge in [0.25, 0.3) is 0 Å². The molecule has 0 aliphatic carbocycles. The Hall–Kier alpha value is -1.38. The third kappa shape index (κ3) is 1.51. The molecule has 0 radical (unpaired) electrons. The number of rotatable bonds is 2. The number of thiazole rings is 1. The van der Waals surface area contributed by atoms with Gasteiger partial charge in [-0.15, -0.1) is 11.3 Å². The van der Waals surface area contributed by atoms with E-state index in [0.717, 1.165) is 17.1 Å². The van der Waals surface area contributed by atoms with E-state index in [1.807, 2.05) is 22.2 Å². The van der Waals surface area contributed by atoms with E-state index >= 15 is 0 Å². The monoisotopic (exact) mass is 233 g/mol. The summed E-state index contributed by atoms with van der Waals surface area (Å²) in [5.41, 5.74) is 0.628. The number of nitrogens with zero attached hydrogens (tertiary/aromatic N) is 3. The lowest BCUT2D eigenvalue weighted by molar-refractivity contribution is 0.171. The minimum atomic E-state index is -0.357. The Bertz CT molecular complexity index is 516. The third-order valence-electron chi connectivity index (χ3n) is 3.00. The van der Waals surface area contributed by atoms with Crippen molar-refractivity contribution in [3.63, 3.8) is 0 Å². The largest absolute Gasteiger partial charge is 0.380 e. The highest BCUT2D eigenvalue weighted by molar-refractivity contribution is 7.15.